The van der Waals surface area contributed by atoms with Gasteiger partial charge in [-0.3, -0.25) is 9.48 Å². The largest absolute Gasteiger partial charge is 0.294 e. The minimum Gasteiger partial charge on any atom is -0.294 e. The zero-order chi connectivity index (χ0) is 12.4. The molecule has 0 N–H and O–H groups in total. The van der Waals surface area contributed by atoms with E-state index >= 15 is 0 Å². The first-order chi connectivity index (χ1) is 8.06. The third-order valence-corrected chi connectivity index (χ3v) is 3.23. The highest BCUT2D eigenvalue weighted by atomic mass is 79.9. The van der Waals surface area contributed by atoms with Gasteiger partial charge in [-0.1, -0.05) is 33.6 Å². The van der Waals surface area contributed by atoms with Gasteiger partial charge in [0.15, 0.2) is 5.78 Å². The molecule has 0 amide bonds. The van der Waals surface area contributed by atoms with E-state index in [2.05, 4.69) is 21.0 Å². The molecule has 1 aromatic carbocycles. The van der Waals surface area contributed by atoms with Crippen molar-refractivity contribution in [2.24, 2.45) is 0 Å². The third kappa shape index (κ3) is 2.96. The predicted molar refractivity (Wildman–Crippen MR) is 70.5 cm³/mol. The molecule has 0 unspecified atom stereocenters. The Hall–Kier alpha value is -1.13. The van der Waals surface area contributed by atoms with Gasteiger partial charge in [-0.05, 0) is 24.6 Å². The minimum atomic E-state index is 0.0122. The van der Waals surface area contributed by atoms with Crippen LogP contribution < -0.4 is 0 Å². The Bertz CT molecular complexity index is 565. The van der Waals surface area contributed by atoms with Crippen LogP contribution in [-0.2, 0) is 6.54 Å². The maximum absolute atomic E-state index is 11.1. The van der Waals surface area contributed by atoms with Crippen LogP contribution in [0.1, 0.15) is 22.8 Å². The molecule has 3 nitrogen and oxygen atoms in total. The number of Topliss-reactive ketones (excluding diaryl/α,β-unsaturated/α-hetero) is 1. The van der Waals surface area contributed by atoms with Crippen LogP contribution in [0.25, 0.3) is 0 Å². The first-order valence-electron chi connectivity index (χ1n) is 5.03. The van der Waals surface area contributed by atoms with Crippen molar-refractivity contribution in [1.82, 2.24) is 9.78 Å². The molecule has 2 aromatic rings. The fourth-order valence-corrected chi connectivity index (χ4v) is 2.19. The van der Waals surface area contributed by atoms with Gasteiger partial charge in [-0.2, -0.15) is 5.10 Å². The molecule has 88 valence electrons. The van der Waals surface area contributed by atoms with E-state index < -0.39 is 0 Å². The number of nitrogens with zero attached hydrogens (tertiary/aromatic N) is 2. The van der Waals surface area contributed by atoms with Gasteiger partial charge in [0, 0.05) is 15.7 Å². The lowest BCUT2D eigenvalue weighted by Gasteiger charge is -2.04. The standard InChI is InChI=1S/C12H10BrClN2O/c1-8(17)10-5-15-16(7-10)6-9-2-3-11(13)4-12(9)14/h2-5,7H,6H2,1H3. The SMILES string of the molecule is CC(=O)c1cnn(Cc2ccc(Br)cc2Cl)c1. The molecule has 0 aliphatic rings. The fourth-order valence-electron chi connectivity index (χ4n) is 1.46. The molecule has 1 heterocycles. The number of carbonyl (C=O) groups excluding carboxylic acids is 1. The van der Waals surface area contributed by atoms with Crippen molar-refractivity contribution in [3.05, 3.63) is 51.2 Å². The van der Waals surface area contributed by atoms with Crippen LogP contribution in [0.2, 0.25) is 5.02 Å². The van der Waals surface area contributed by atoms with Crippen LogP contribution in [0.4, 0.5) is 0 Å². The summed E-state index contributed by atoms with van der Waals surface area (Å²) in [6, 6.07) is 5.70. The highest BCUT2D eigenvalue weighted by molar-refractivity contribution is 9.10. The van der Waals surface area contributed by atoms with Crippen molar-refractivity contribution in [2.75, 3.05) is 0 Å². The van der Waals surface area contributed by atoms with Gasteiger partial charge in [0.25, 0.3) is 0 Å². The maximum atomic E-state index is 11.1. The van der Waals surface area contributed by atoms with E-state index in [1.165, 1.54) is 6.92 Å². The van der Waals surface area contributed by atoms with Gasteiger partial charge >= 0.3 is 0 Å². The van der Waals surface area contributed by atoms with Crippen molar-refractivity contribution >= 4 is 33.3 Å². The fraction of sp³-hybridized carbons (Fsp3) is 0.167. The number of rotatable bonds is 3. The molecular formula is C12H10BrClN2O. The number of hydrogen-bond acceptors (Lipinski definition) is 2. The number of carbonyl (C=O) groups is 1. The second-order valence-corrected chi connectivity index (χ2v) is 5.04. The zero-order valence-electron chi connectivity index (χ0n) is 9.15. The lowest BCUT2D eigenvalue weighted by molar-refractivity contribution is 0.101. The molecule has 0 aliphatic heterocycles. The summed E-state index contributed by atoms with van der Waals surface area (Å²) in [5.74, 6) is 0.0122. The van der Waals surface area contributed by atoms with Gasteiger partial charge in [0.2, 0.25) is 0 Å². The van der Waals surface area contributed by atoms with Crippen molar-refractivity contribution in [1.29, 1.82) is 0 Å². The number of aromatic nitrogens is 2. The lowest BCUT2D eigenvalue weighted by Crippen LogP contribution is -2.00. The smallest absolute Gasteiger partial charge is 0.162 e. The van der Waals surface area contributed by atoms with Crippen molar-refractivity contribution in [3.63, 3.8) is 0 Å². The number of ketones is 1. The summed E-state index contributed by atoms with van der Waals surface area (Å²) in [5, 5.41) is 4.80. The summed E-state index contributed by atoms with van der Waals surface area (Å²) in [7, 11) is 0. The van der Waals surface area contributed by atoms with Crippen LogP contribution in [0.15, 0.2) is 35.1 Å². The Morgan fingerprint density at radius 3 is 2.88 bits per heavy atom. The van der Waals surface area contributed by atoms with Crippen molar-refractivity contribution < 1.29 is 4.79 Å². The Balaban J connectivity index is 2.22. The molecule has 0 atom stereocenters. The molecule has 0 fully saturated rings. The monoisotopic (exact) mass is 312 g/mol. The molecule has 5 heteroatoms. The summed E-state index contributed by atoms with van der Waals surface area (Å²) in [6.07, 6.45) is 3.29. The first kappa shape index (κ1) is 12.3. The normalized spacial score (nSPS) is 10.5. The van der Waals surface area contributed by atoms with E-state index in [0.29, 0.717) is 17.1 Å². The quantitative estimate of drug-likeness (QED) is 0.812. The lowest BCUT2D eigenvalue weighted by atomic mass is 10.2. The van der Waals surface area contributed by atoms with E-state index in [1.807, 2.05) is 18.2 Å². The van der Waals surface area contributed by atoms with Gasteiger partial charge < -0.3 is 0 Å². The number of benzene rings is 1. The first-order valence-corrected chi connectivity index (χ1v) is 6.20. The average molecular weight is 314 g/mol. The molecule has 0 aliphatic carbocycles. The zero-order valence-corrected chi connectivity index (χ0v) is 11.5. The molecule has 0 saturated carbocycles. The molecule has 17 heavy (non-hydrogen) atoms. The Morgan fingerprint density at radius 2 is 2.29 bits per heavy atom. The van der Waals surface area contributed by atoms with Gasteiger partial charge in [-0.15, -0.1) is 0 Å². The molecule has 0 bridgehead atoms. The van der Waals surface area contributed by atoms with Crippen LogP contribution in [0.3, 0.4) is 0 Å². The van der Waals surface area contributed by atoms with E-state index in [9.17, 15) is 4.79 Å². The molecule has 0 saturated heterocycles. The molecular weight excluding hydrogens is 304 g/mol. The Morgan fingerprint density at radius 1 is 1.53 bits per heavy atom. The van der Waals surface area contributed by atoms with Crippen molar-refractivity contribution in [2.45, 2.75) is 13.5 Å². The van der Waals surface area contributed by atoms with Gasteiger partial charge in [0.05, 0.1) is 18.3 Å². The highest BCUT2D eigenvalue weighted by Crippen LogP contribution is 2.22. The van der Waals surface area contributed by atoms with E-state index in [-0.39, 0.29) is 5.78 Å². The topological polar surface area (TPSA) is 34.9 Å². The van der Waals surface area contributed by atoms with E-state index in [0.717, 1.165) is 10.0 Å². The Labute approximate surface area is 113 Å². The summed E-state index contributed by atoms with van der Waals surface area (Å²) in [4.78, 5) is 11.1. The van der Waals surface area contributed by atoms with E-state index in [1.54, 1.807) is 17.1 Å². The number of halogens is 2. The van der Waals surface area contributed by atoms with Gasteiger partial charge in [-0.25, -0.2) is 0 Å². The summed E-state index contributed by atoms with van der Waals surface area (Å²) >= 11 is 9.46. The summed E-state index contributed by atoms with van der Waals surface area (Å²) in [6.45, 7) is 2.08. The third-order valence-electron chi connectivity index (χ3n) is 2.39. The second-order valence-electron chi connectivity index (χ2n) is 3.72. The summed E-state index contributed by atoms with van der Waals surface area (Å²) in [5.41, 5.74) is 1.58. The highest BCUT2D eigenvalue weighted by Gasteiger charge is 2.06. The van der Waals surface area contributed by atoms with Crippen molar-refractivity contribution in [3.8, 4) is 0 Å². The van der Waals surface area contributed by atoms with Gasteiger partial charge in [0.1, 0.15) is 0 Å². The molecule has 1 aromatic heterocycles. The van der Waals surface area contributed by atoms with Crippen LogP contribution in [-0.4, -0.2) is 15.6 Å². The van der Waals surface area contributed by atoms with E-state index in [4.69, 9.17) is 11.6 Å². The average Bonchev–Trinajstić information content (AvgIpc) is 2.71. The molecule has 0 radical (unpaired) electrons. The predicted octanol–water partition coefficient (Wildman–Crippen LogP) is 3.55. The van der Waals surface area contributed by atoms with Crippen LogP contribution in [0, 0.1) is 0 Å². The van der Waals surface area contributed by atoms with Crippen LogP contribution in [0.5, 0.6) is 0 Å². The minimum absolute atomic E-state index is 0.0122. The number of hydrogen-bond donors (Lipinski definition) is 0. The second kappa shape index (κ2) is 5.02. The molecule has 0 spiro atoms. The Kier molecular flexibility index (Phi) is 3.64. The summed E-state index contributed by atoms with van der Waals surface area (Å²) < 4.78 is 2.64. The van der Waals surface area contributed by atoms with Crippen LogP contribution >= 0.6 is 27.5 Å². The maximum Gasteiger partial charge on any atom is 0.162 e. The molecule has 2 rings (SSSR count).